The van der Waals surface area contributed by atoms with E-state index in [0.717, 1.165) is 20.9 Å². The molecule has 0 bridgehead atoms. The van der Waals surface area contributed by atoms with Gasteiger partial charge >= 0.3 is 0 Å². The minimum Gasteiger partial charge on any atom is -0.322 e. The van der Waals surface area contributed by atoms with Gasteiger partial charge in [0.05, 0.1) is 16.3 Å². The molecule has 1 heterocycles. The zero-order valence-electron chi connectivity index (χ0n) is 14.7. The summed E-state index contributed by atoms with van der Waals surface area (Å²) >= 11 is 3.38. The highest BCUT2D eigenvalue weighted by Crippen LogP contribution is 2.43. The van der Waals surface area contributed by atoms with Crippen LogP contribution in [0.15, 0.2) is 70.0 Å². The Bertz CT molecular complexity index is 1250. The molecular formula is C20H13BrF2N2O3S. The Morgan fingerprint density at radius 2 is 1.76 bits per heavy atom. The fraction of sp³-hybridized carbons (Fsp3) is 0.0500. The Kier molecular flexibility index (Phi) is 4.87. The van der Waals surface area contributed by atoms with Crippen molar-refractivity contribution in [2.24, 2.45) is 0 Å². The highest BCUT2D eigenvalue weighted by molar-refractivity contribution is 9.10. The molecule has 1 aliphatic rings. The number of hydrogen-bond donors (Lipinski definition) is 1. The molecule has 4 rings (SSSR count). The number of carbonyl (C=O) groups is 1. The van der Waals surface area contributed by atoms with Gasteiger partial charge in [0.1, 0.15) is 18.2 Å². The molecule has 1 amide bonds. The van der Waals surface area contributed by atoms with E-state index < -0.39 is 34.1 Å². The molecule has 3 aromatic carbocycles. The maximum Gasteiger partial charge on any atom is 0.265 e. The van der Waals surface area contributed by atoms with Crippen molar-refractivity contribution < 1.29 is 22.0 Å². The smallest absolute Gasteiger partial charge is 0.265 e. The van der Waals surface area contributed by atoms with Gasteiger partial charge in [0, 0.05) is 21.7 Å². The molecule has 0 spiro atoms. The van der Waals surface area contributed by atoms with E-state index in [-0.39, 0.29) is 10.6 Å². The lowest BCUT2D eigenvalue weighted by atomic mass is 10.0. The maximum absolute atomic E-state index is 13.8. The van der Waals surface area contributed by atoms with Crippen LogP contribution < -0.4 is 9.62 Å². The van der Waals surface area contributed by atoms with Crippen LogP contribution in [0.2, 0.25) is 0 Å². The molecule has 29 heavy (non-hydrogen) atoms. The zero-order chi connectivity index (χ0) is 20.8. The fourth-order valence-corrected chi connectivity index (χ4v) is 5.20. The number of rotatable bonds is 3. The van der Waals surface area contributed by atoms with E-state index in [1.54, 1.807) is 36.4 Å². The van der Waals surface area contributed by atoms with E-state index >= 15 is 0 Å². The van der Waals surface area contributed by atoms with Crippen molar-refractivity contribution in [1.82, 2.24) is 0 Å². The third kappa shape index (κ3) is 3.51. The number of benzene rings is 3. The molecule has 5 nitrogen and oxygen atoms in total. The monoisotopic (exact) mass is 478 g/mol. The van der Waals surface area contributed by atoms with Crippen LogP contribution in [0.1, 0.15) is 0 Å². The number of nitrogens with zero attached hydrogens (tertiary/aromatic N) is 1. The lowest BCUT2D eigenvalue weighted by Crippen LogP contribution is -2.40. The third-order valence-corrected chi connectivity index (χ3v) is 6.78. The molecule has 0 aromatic heterocycles. The summed E-state index contributed by atoms with van der Waals surface area (Å²) in [5, 5.41) is 2.29. The van der Waals surface area contributed by atoms with Crippen molar-refractivity contribution in [3.8, 4) is 11.1 Å². The maximum atomic E-state index is 13.8. The molecule has 0 aliphatic carbocycles. The van der Waals surface area contributed by atoms with Gasteiger partial charge in [-0.1, -0.05) is 34.1 Å². The first-order chi connectivity index (χ1) is 13.8. The van der Waals surface area contributed by atoms with Crippen LogP contribution in [-0.2, 0) is 14.8 Å². The minimum atomic E-state index is -4.01. The van der Waals surface area contributed by atoms with Crippen LogP contribution in [0, 0.1) is 11.6 Å². The van der Waals surface area contributed by atoms with Crippen molar-refractivity contribution in [3.63, 3.8) is 0 Å². The predicted octanol–water partition coefficient (Wildman–Crippen LogP) is 4.54. The summed E-state index contributed by atoms with van der Waals surface area (Å²) in [4.78, 5) is 12.6. The van der Waals surface area contributed by atoms with Crippen molar-refractivity contribution in [2.75, 3.05) is 16.2 Å². The van der Waals surface area contributed by atoms with Gasteiger partial charge in [-0.05, 0) is 36.4 Å². The van der Waals surface area contributed by atoms with E-state index in [1.165, 1.54) is 6.07 Å². The number of carbonyl (C=O) groups excluding carboxylic acids is 1. The first-order valence-electron chi connectivity index (χ1n) is 8.44. The van der Waals surface area contributed by atoms with E-state index in [4.69, 9.17) is 0 Å². The summed E-state index contributed by atoms with van der Waals surface area (Å²) in [5.41, 5.74) is 1.28. The zero-order valence-corrected chi connectivity index (χ0v) is 17.1. The van der Waals surface area contributed by atoms with Crippen LogP contribution >= 0.6 is 15.9 Å². The Hall–Kier alpha value is -2.78. The van der Waals surface area contributed by atoms with Gasteiger partial charge in [-0.2, -0.15) is 0 Å². The van der Waals surface area contributed by atoms with Gasteiger partial charge in [-0.25, -0.2) is 17.2 Å². The highest BCUT2D eigenvalue weighted by Gasteiger charge is 2.36. The topological polar surface area (TPSA) is 66.5 Å². The number of sulfonamides is 1. The van der Waals surface area contributed by atoms with Gasteiger partial charge in [0.2, 0.25) is 5.91 Å². The van der Waals surface area contributed by atoms with Crippen molar-refractivity contribution in [2.45, 2.75) is 4.90 Å². The molecule has 1 aliphatic heterocycles. The summed E-state index contributed by atoms with van der Waals surface area (Å²) < 4.78 is 54.9. The highest BCUT2D eigenvalue weighted by atomic mass is 79.9. The molecule has 0 fully saturated rings. The molecule has 1 N–H and O–H groups in total. The minimum absolute atomic E-state index is 0.0753. The third-order valence-electron chi connectivity index (χ3n) is 4.47. The van der Waals surface area contributed by atoms with Gasteiger partial charge in [0.25, 0.3) is 10.0 Å². The molecule has 3 aromatic rings. The number of fused-ring (bicyclic) bond motifs is 3. The molecular weight excluding hydrogens is 466 g/mol. The number of nitrogens with one attached hydrogen (secondary N) is 1. The van der Waals surface area contributed by atoms with Crippen molar-refractivity contribution in [1.29, 1.82) is 0 Å². The van der Waals surface area contributed by atoms with E-state index in [1.807, 2.05) is 0 Å². The van der Waals surface area contributed by atoms with Crippen LogP contribution in [0.3, 0.4) is 0 Å². The lowest BCUT2D eigenvalue weighted by molar-refractivity contribution is -0.114. The summed E-state index contributed by atoms with van der Waals surface area (Å²) in [6, 6.07) is 14.3. The lowest BCUT2D eigenvalue weighted by Gasteiger charge is -2.31. The molecule has 148 valence electrons. The van der Waals surface area contributed by atoms with E-state index in [0.29, 0.717) is 22.9 Å². The molecule has 0 unspecified atom stereocenters. The molecule has 0 radical (unpaired) electrons. The first-order valence-corrected chi connectivity index (χ1v) is 10.7. The number of amides is 1. The number of hydrogen-bond acceptors (Lipinski definition) is 3. The second kappa shape index (κ2) is 7.23. The van der Waals surface area contributed by atoms with E-state index in [2.05, 4.69) is 21.2 Å². The van der Waals surface area contributed by atoms with Crippen LogP contribution in [0.25, 0.3) is 11.1 Å². The van der Waals surface area contributed by atoms with E-state index in [9.17, 15) is 22.0 Å². The quantitative estimate of drug-likeness (QED) is 0.600. The molecule has 0 atom stereocenters. The Balaban J connectivity index is 1.73. The summed E-state index contributed by atoms with van der Waals surface area (Å²) in [6.45, 7) is -0.567. The number of halogens is 3. The predicted molar refractivity (Wildman–Crippen MR) is 109 cm³/mol. The van der Waals surface area contributed by atoms with Gasteiger partial charge in [-0.3, -0.25) is 9.10 Å². The Labute approximate surface area is 174 Å². The molecule has 0 saturated heterocycles. The average molecular weight is 479 g/mol. The first kappa shape index (κ1) is 19.5. The van der Waals surface area contributed by atoms with Gasteiger partial charge < -0.3 is 5.32 Å². The van der Waals surface area contributed by atoms with Crippen molar-refractivity contribution >= 4 is 43.2 Å². The Morgan fingerprint density at radius 3 is 2.52 bits per heavy atom. The van der Waals surface area contributed by atoms with Crippen LogP contribution in [0.5, 0.6) is 0 Å². The summed E-state index contributed by atoms with van der Waals surface area (Å²) in [5.74, 6) is -2.49. The van der Waals surface area contributed by atoms with Crippen LogP contribution in [-0.4, -0.2) is 20.9 Å². The summed E-state index contributed by atoms with van der Waals surface area (Å²) in [6.07, 6.45) is 0. The Morgan fingerprint density at radius 1 is 1.00 bits per heavy atom. The van der Waals surface area contributed by atoms with Crippen LogP contribution in [0.4, 0.5) is 20.2 Å². The van der Waals surface area contributed by atoms with Crippen molar-refractivity contribution in [3.05, 3.63) is 76.8 Å². The SMILES string of the molecule is O=C(CN1c2ccc(Br)cc2-c2ccccc2S1(=O)=O)Nc1ccc(F)cc1F. The summed E-state index contributed by atoms with van der Waals surface area (Å²) in [7, 11) is -4.01. The van der Waals surface area contributed by atoms with Gasteiger partial charge in [0.15, 0.2) is 0 Å². The molecule has 9 heteroatoms. The average Bonchev–Trinajstić information content (AvgIpc) is 2.68. The fourth-order valence-electron chi connectivity index (χ4n) is 3.18. The second-order valence-electron chi connectivity index (χ2n) is 6.34. The normalized spacial score (nSPS) is 14.1. The standard InChI is InChI=1S/C20H13BrF2N2O3S/c21-12-5-8-18-15(9-12)14-3-1-2-4-19(14)29(27,28)25(18)11-20(26)24-17-7-6-13(22)10-16(17)23/h1-10H,11H2,(H,24,26). The largest absolute Gasteiger partial charge is 0.322 e. The molecule has 0 saturated carbocycles. The van der Waals surface area contributed by atoms with Gasteiger partial charge in [-0.15, -0.1) is 0 Å². The second-order valence-corrected chi connectivity index (χ2v) is 9.09. The number of anilines is 2.